The molecule has 116 valence electrons. The third-order valence-corrected chi connectivity index (χ3v) is 3.52. The number of carbonyl (C=O) groups is 1. The normalized spacial score (nSPS) is 12.2. The number of hydrogen-bond donors (Lipinski definition) is 1. The second-order valence-corrected chi connectivity index (χ2v) is 5.61. The molecule has 2 nitrogen and oxygen atoms in total. The van der Waals surface area contributed by atoms with Crippen molar-refractivity contribution in [3.63, 3.8) is 0 Å². The summed E-state index contributed by atoms with van der Waals surface area (Å²) in [7, 11) is 0. The van der Waals surface area contributed by atoms with Crippen LogP contribution in [0.2, 0.25) is 0 Å². The van der Waals surface area contributed by atoms with Crippen molar-refractivity contribution in [1.82, 2.24) is 5.32 Å². The summed E-state index contributed by atoms with van der Waals surface area (Å²) < 4.78 is 26.6. The number of benzene rings is 2. The Bertz CT molecular complexity index is 638. The van der Waals surface area contributed by atoms with Crippen LogP contribution in [-0.2, 0) is 11.2 Å². The van der Waals surface area contributed by atoms with Crippen LogP contribution in [0.15, 0.2) is 48.5 Å². The molecule has 2 rings (SSSR count). The summed E-state index contributed by atoms with van der Waals surface area (Å²) in [5, 5.41) is 2.90. The standard InChI is InChI=1S/C18H19F2NO/c1-12(2)18(13-7-9-15(19)10-8-13)21-17(22)11-14-5-3-4-6-16(14)20/h3-10,12,18H,11H2,1-2H3,(H,21,22)/t18-/m0/s1. The van der Waals surface area contributed by atoms with E-state index in [4.69, 9.17) is 0 Å². The van der Waals surface area contributed by atoms with Gasteiger partial charge < -0.3 is 5.32 Å². The van der Waals surface area contributed by atoms with Gasteiger partial charge in [-0.2, -0.15) is 0 Å². The quantitative estimate of drug-likeness (QED) is 0.888. The van der Waals surface area contributed by atoms with E-state index < -0.39 is 0 Å². The first-order valence-electron chi connectivity index (χ1n) is 7.25. The van der Waals surface area contributed by atoms with Crippen molar-refractivity contribution in [1.29, 1.82) is 0 Å². The zero-order chi connectivity index (χ0) is 16.1. The fourth-order valence-corrected chi connectivity index (χ4v) is 2.34. The van der Waals surface area contributed by atoms with Gasteiger partial charge in [-0.25, -0.2) is 8.78 Å². The third kappa shape index (κ3) is 4.13. The van der Waals surface area contributed by atoms with E-state index >= 15 is 0 Å². The molecule has 0 aliphatic carbocycles. The molecular weight excluding hydrogens is 284 g/mol. The number of halogens is 2. The van der Waals surface area contributed by atoms with Gasteiger partial charge in [0, 0.05) is 0 Å². The van der Waals surface area contributed by atoms with E-state index in [1.54, 1.807) is 30.3 Å². The van der Waals surface area contributed by atoms with Crippen molar-refractivity contribution in [3.05, 3.63) is 71.3 Å². The molecule has 1 N–H and O–H groups in total. The van der Waals surface area contributed by atoms with Gasteiger partial charge in [0.15, 0.2) is 0 Å². The average molecular weight is 303 g/mol. The lowest BCUT2D eigenvalue weighted by Crippen LogP contribution is -2.33. The molecule has 0 aliphatic rings. The number of carbonyl (C=O) groups excluding carboxylic acids is 1. The highest BCUT2D eigenvalue weighted by Gasteiger charge is 2.19. The molecule has 2 aromatic rings. The molecule has 22 heavy (non-hydrogen) atoms. The summed E-state index contributed by atoms with van der Waals surface area (Å²) in [6.07, 6.45) is -0.0168. The van der Waals surface area contributed by atoms with E-state index in [0.29, 0.717) is 5.56 Å². The Balaban J connectivity index is 2.09. The summed E-state index contributed by atoms with van der Waals surface area (Å²) in [5.41, 5.74) is 1.19. The van der Waals surface area contributed by atoms with Gasteiger partial charge in [-0.3, -0.25) is 4.79 Å². The summed E-state index contributed by atoms with van der Waals surface area (Å²) in [5.74, 6) is -0.826. The monoisotopic (exact) mass is 303 g/mol. The molecule has 0 unspecified atom stereocenters. The minimum Gasteiger partial charge on any atom is -0.349 e. The van der Waals surface area contributed by atoms with Crippen LogP contribution in [-0.4, -0.2) is 5.91 Å². The molecule has 0 bridgehead atoms. The van der Waals surface area contributed by atoms with Crippen molar-refractivity contribution < 1.29 is 13.6 Å². The van der Waals surface area contributed by atoms with Crippen molar-refractivity contribution in [2.45, 2.75) is 26.3 Å². The van der Waals surface area contributed by atoms with Crippen molar-refractivity contribution >= 4 is 5.91 Å². The molecule has 2 aromatic carbocycles. The fraction of sp³-hybridized carbons (Fsp3) is 0.278. The molecule has 1 amide bonds. The van der Waals surface area contributed by atoms with Crippen LogP contribution in [0.25, 0.3) is 0 Å². The van der Waals surface area contributed by atoms with Gasteiger partial charge in [-0.05, 0) is 35.2 Å². The zero-order valence-corrected chi connectivity index (χ0v) is 12.6. The SMILES string of the molecule is CC(C)[C@H](NC(=O)Cc1ccccc1F)c1ccc(F)cc1. The topological polar surface area (TPSA) is 29.1 Å². The summed E-state index contributed by atoms with van der Waals surface area (Å²) >= 11 is 0. The maximum Gasteiger partial charge on any atom is 0.225 e. The van der Waals surface area contributed by atoms with E-state index in [0.717, 1.165) is 5.56 Å². The molecule has 0 saturated carbocycles. The van der Waals surface area contributed by atoms with E-state index in [1.165, 1.54) is 18.2 Å². The minimum absolute atomic E-state index is 0.0168. The van der Waals surface area contributed by atoms with E-state index in [-0.39, 0.29) is 35.9 Å². The maximum absolute atomic E-state index is 13.6. The number of amides is 1. The Morgan fingerprint density at radius 1 is 1.05 bits per heavy atom. The highest BCUT2D eigenvalue weighted by molar-refractivity contribution is 5.79. The molecule has 0 aromatic heterocycles. The Labute approximate surface area is 129 Å². The first-order chi connectivity index (χ1) is 10.5. The van der Waals surface area contributed by atoms with Gasteiger partial charge in [-0.15, -0.1) is 0 Å². The fourth-order valence-electron chi connectivity index (χ4n) is 2.34. The number of rotatable bonds is 5. The summed E-state index contributed by atoms with van der Waals surface area (Å²) in [6, 6.07) is 12.0. The van der Waals surface area contributed by atoms with Gasteiger partial charge in [0.1, 0.15) is 11.6 Å². The predicted octanol–water partition coefficient (Wildman–Crippen LogP) is 4.02. The van der Waals surface area contributed by atoms with E-state index in [2.05, 4.69) is 5.32 Å². The smallest absolute Gasteiger partial charge is 0.225 e. The minimum atomic E-state index is -0.388. The van der Waals surface area contributed by atoms with Crippen molar-refractivity contribution in [3.8, 4) is 0 Å². The Morgan fingerprint density at radius 2 is 1.68 bits per heavy atom. The van der Waals surface area contributed by atoms with Crippen molar-refractivity contribution in [2.75, 3.05) is 0 Å². The molecule has 0 heterocycles. The van der Waals surface area contributed by atoms with Gasteiger partial charge in [-0.1, -0.05) is 44.2 Å². The van der Waals surface area contributed by atoms with E-state index in [9.17, 15) is 13.6 Å². The molecule has 4 heteroatoms. The summed E-state index contributed by atoms with van der Waals surface area (Å²) in [4.78, 5) is 12.2. The second-order valence-electron chi connectivity index (χ2n) is 5.61. The second kappa shape index (κ2) is 7.16. The molecule has 1 atom stereocenters. The van der Waals surface area contributed by atoms with Crippen LogP contribution < -0.4 is 5.32 Å². The first-order valence-corrected chi connectivity index (χ1v) is 7.25. The van der Waals surface area contributed by atoms with Crippen LogP contribution in [0.5, 0.6) is 0 Å². The average Bonchev–Trinajstić information content (AvgIpc) is 2.48. The highest BCUT2D eigenvalue weighted by atomic mass is 19.1. The number of nitrogens with one attached hydrogen (secondary N) is 1. The lowest BCUT2D eigenvalue weighted by Gasteiger charge is -2.23. The Hall–Kier alpha value is -2.23. The maximum atomic E-state index is 13.6. The Kier molecular flexibility index (Phi) is 5.26. The Morgan fingerprint density at radius 3 is 2.27 bits per heavy atom. The molecule has 0 aliphatic heterocycles. The predicted molar refractivity (Wildman–Crippen MR) is 82.2 cm³/mol. The lowest BCUT2D eigenvalue weighted by atomic mass is 9.95. The van der Waals surface area contributed by atoms with Gasteiger partial charge >= 0.3 is 0 Å². The largest absolute Gasteiger partial charge is 0.349 e. The van der Waals surface area contributed by atoms with Crippen molar-refractivity contribution in [2.24, 2.45) is 5.92 Å². The van der Waals surface area contributed by atoms with Gasteiger partial charge in [0.05, 0.1) is 12.5 Å². The molecule has 0 saturated heterocycles. The molecule has 0 radical (unpaired) electrons. The van der Waals surface area contributed by atoms with Crippen LogP contribution >= 0.6 is 0 Å². The van der Waals surface area contributed by atoms with Gasteiger partial charge in [0.2, 0.25) is 5.91 Å². The van der Waals surface area contributed by atoms with Crippen LogP contribution in [0.1, 0.15) is 31.0 Å². The van der Waals surface area contributed by atoms with E-state index in [1.807, 2.05) is 13.8 Å². The summed E-state index contributed by atoms with van der Waals surface area (Å²) in [6.45, 7) is 3.94. The van der Waals surface area contributed by atoms with Gasteiger partial charge in [0.25, 0.3) is 0 Å². The number of hydrogen-bond acceptors (Lipinski definition) is 1. The molecule has 0 fully saturated rings. The molecule has 0 spiro atoms. The van der Waals surface area contributed by atoms with Crippen LogP contribution in [0, 0.1) is 17.6 Å². The van der Waals surface area contributed by atoms with Crippen LogP contribution in [0.3, 0.4) is 0 Å². The third-order valence-electron chi connectivity index (χ3n) is 3.52. The first kappa shape index (κ1) is 16.1. The van der Waals surface area contributed by atoms with Crippen LogP contribution in [0.4, 0.5) is 8.78 Å². The highest BCUT2D eigenvalue weighted by Crippen LogP contribution is 2.22. The zero-order valence-electron chi connectivity index (χ0n) is 12.6. The lowest BCUT2D eigenvalue weighted by molar-refractivity contribution is -0.121. The molecular formula is C18H19F2NO.